The van der Waals surface area contributed by atoms with Gasteiger partial charge in [-0.1, -0.05) is 85.6 Å². The van der Waals surface area contributed by atoms with E-state index in [4.69, 9.17) is 37.9 Å². The van der Waals surface area contributed by atoms with Gasteiger partial charge in [-0.05, 0) is 126 Å². The fourth-order valence-corrected chi connectivity index (χ4v) is 11.5. The highest BCUT2D eigenvalue weighted by Crippen LogP contribution is 2.42. The SMILES string of the molecule is C=C(C)C(=O)OCCCOc1c2cc(C(=O)CCCCC)cc1Cc1cc(C(=O)CCCCC)cc(c1OCCCOC(=O)/C=C\C(=O)OC)Cc1cc(C(=O)CCCCC)cc(c1OCCCOC(=O)/C=C\C(=O)OC)Cc1cc(C(=O)CCCCC)cc(c1OCCCOC(=O)/C=C\C(=O)OC)C2. The highest BCUT2D eigenvalue weighted by molar-refractivity contribution is 6.00. The fourth-order valence-electron chi connectivity index (χ4n) is 11.5. The van der Waals surface area contributed by atoms with E-state index < -0.39 is 41.8 Å². The van der Waals surface area contributed by atoms with Crippen molar-refractivity contribution in [1.29, 1.82) is 0 Å². The van der Waals surface area contributed by atoms with Crippen LogP contribution in [0.2, 0.25) is 0 Å². The number of methoxy groups -OCH3 is 3. The van der Waals surface area contributed by atoms with E-state index in [1.807, 2.05) is 27.7 Å². The number of hydrogen-bond donors (Lipinski definition) is 0. The van der Waals surface area contributed by atoms with Crippen LogP contribution < -0.4 is 18.9 Å². The second-order valence-electron chi connectivity index (χ2n) is 25.5. The molecular weight excluding hydrogens is 1350 g/mol. The van der Waals surface area contributed by atoms with Gasteiger partial charge in [0.15, 0.2) is 23.1 Å². The first-order valence-corrected chi connectivity index (χ1v) is 36.6. The van der Waals surface area contributed by atoms with E-state index in [0.29, 0.717) is 115 Å². The van der Waals surface area contributed by atoms with E-state index in [0.717, 1.165) is 87.8 Å². The molecule has 0 heterocycles. The number of esters is 7. The number of unbranched alkanes of at least 4 members (excludes halogenated alkanes) is 8. The van der Waals surface area contributed by atoms with Crippen molar-refractivity contribution < 1.29 is 105 Å². The third kappa shape index (κ3) is 30.0. The van der Waals surface area contributed by atoms with Gasteiger partial charge in [0.2, 0.25) is 0 Å². The number of benzene rings is 4. The van der Waals surface area contributed by atoms with Gasteiger partial charge in [-0.2, -0.15) is 0 Å². The summed E-state index contributed by atoms with van der Waals surface area (Å²) in [6.07, 6.45) is 15.8. The van der Waals surface area contributed by atoms with E-state index in [-0.39, 0.29) is 159 Å². The lowest BCUT2D eigenvalue weighted by Gasteiger charge is -2.25. The average molecular weight is 1450 g/mol. The zero-order valence-electron chi connectivity index (χ0n) is 62.4. The Balaban J connectivity index is 1.98. The average Bonchev–Trinajstić information content (AvgIpc) is 0.769. The van der Waals surface area contributed by atoms with Crippen LogP contribution in [0.1, 0.15) is 249 Å². The number of fused-ring (bicyclic) bond motifs is 8. The van der Waals surface area contributed by atoms with Crippen LogP contribution in [0.5, 0.6) is 23.0 Å². The Morgan fingerprint density at radius 1 is 0.305 bits per heavy atom. The first kappa shape index (κ1) is 85.7. The molecule has 22 nitrogen and oxygen atoms in total. The summed E-state index contributed by atoms with van der Waals surface area (Å²) in [5.41, 5.74) is 5.51. The molecule has 0 fully saturated rings. The lowest BCUT2D eigenvalue weighted by atomic mass is 9.86. The van der Waals surface area contributed by atoms with Gasteiger partial charge in [-0.15, -0.1) is 0 Å². The van der Waals surface area contributed by atoms with Crippen LogP contribution in [0.4, 0.5) is 0 Å². The Bertz CT molecular complexity index is 3580. The minimum Gasteiger partial charge on any atom is -0.493 e. The summed E-state index contributed by atoms with van der Waals surface area (Å²) >= 11 is 0. The van der Waals surface area contributed by atoms with Crippen molar-refractivity contribution in [3.05, 3.63) is 164 Å². The highest BCUT2D eigenvalue weighted by Gasteiger charge is 2.28. The zero-order chi connectivity index (χ0) is 76.5. The van der Waals surface area contributed by atoms with E-state index in [1.165, 1.54) is 21.3 Å². The number of hydrogen-bond acceptors (Lipinski definition) is 22. The summed E-state index contributed by atoms with van der Waals surface area (Å²) in [5.74, 6) is -4.58. The van der Waals surface area contributed by atoms with Crippen LogP contribution in [0.25, 0.3) is 0 Å². The van der Waals surface area contributed by atoms with Gasteiger partial charge in [0.1, 0.15) is 23.0 Å². The van der Waals surface area contributed by atoms with Gasteiger partial charge in [0.05, 0.1) is 74.2 Å². The van der Waals surface area contributed by atoms with Crippen molar-refractivity contribution in [2.45, 2.75) is 189 Å². The number of ether oxygens (including phenoxy) is 11. The monoisotopic (exact) mass is 1450 g/mol. The summed E-state index contributed by atoms with van der Waals surface area (Å²) in [6.45, 7) is 12.8. The van der Waals surface area contributed by atoms with Gasteiger partial charge < -0.3 is 52.1 Å². The van der Waals surface area contributed by atoms with Crippen molar-refractivity contribution in [2.75, 3.05) is 74.2 Å². The van der Waals surface area contributed by atoms with E-state index >= 15 is 0 Å². The van der Waals surface area contributed by atoms with Crippen LogP contribution in [0.15, 0.2) is 97.1 Å². The standard InChI is InChI=1S/C83H104O22/c1-10-14-18-26-69(84)57-44-61-52-63-46-58(70(85)27-19-15-11-2)48-65(80(63)102-40-23-37-99-77(92)34-31-74(89)96-8)54-67-50-60(72(87)29-21-17-13-4)51-68(82(67)104-42-25-43-105-83(94)56(5)6)55-66-49-59(71(86)28-20-16-12-3)47-64(81(66)103-41-24-38-100-78(93)35-32-75(90)97-9)53-62(45-57)79(61)101-39-22-36-98-76(91)33-30-73(88)95-7/h30-35,44-51H,5,10-29,36-43,52-55H2,1-4,6-9H3/b33-30-,34-31-,35-32-. The van der Waals surface area contributed by atoms with Gasteiger partial charge >= 0.3 is 41.8 Å². The fraction of sp³-hybridized carbons (Fsp3) is 0.482. The third-order valence-corrected chi connectivity index (χ3v) is 16.9. The topological polar surface area (TPSA) is 289 Å². The Hall–Kier alpha value is -9.99. The molecule has 5 rings (SSSR count). The summed E-state index contributed by atoms with van der Waals surface area (Å²) in [7, 11) is 3.53. The molecule has 0 spiro atoms. The molecule has 568 valence electrons. The molecule has 1 aliphatic carbocycles. The maximum atomic E-state index is 14.9. The van der Waals surface area contributed by atoms with E-state index in [1.54, 1.807) is 55.5 Å². The van der Waals surface area contributed by atoms with Crippen molar-refractivity contribution in [3.8, 4) is 23.0 Å². The normalized spacial score (nSPS) is 11.7. The molecule has 0 saturated heterocycles. The van der Waals surface area contributed by atoms with Crippen LogP contribution in [0, 0.1) is 0 Å². The Kier molecular flexibility index (Phi) is 38.7. The molecule has 0 radical (unpaired) electrons. The summed E-state index contributed by atoms with van der Waals surface area (Å²) in [5, 5.41) is 0. The van der Waals surface area contributed by atoms with Crippen molar-refractivity contribution >= 4 is 64.9 Å². The van der Waals surface area contributed by atoms with E-state index in [9.17, 15) is 52.7 Å². The predicted octanol–water partition coefficient (Wildman–Crippen LogP) is 14.4. The molecular formula is C83H104O22. The molecule has 22 heteroatoms. The third-order valence-electron chi connectivity index (χ3n) is 16.9. The second kappa shape index (κ2) is 47.4. The van der Waals surface area contributed by atoms with Crippen LogP contribution in [-0.2, 0) is 92.4 Å². The summed E-state index contributed by atoms with van der Waals surface area (Å²) in [4.78, 5) is 146. The summed E-state index contributed by atoms with van der Waals surface area (Å²) in [6, 6.07) is 14.2. The lowest BCUT2D eigenvalue weighted by molar-refractivity contribution is -0.139. The Morgan fingerprint density at radius 2 is 0.514 bits per heavy atom. The molecule has 105 heavy (non-hydrogen) atoms. The molecule has 0 saturated carbocycles. The van der Waals surface area contributed by atoms with Crippen molar-refractivity contribution in [1.82, 2.24) is 0 Å². The molecule has 0 amide bonds. The molecule has 0 aromatic heterocycles. The lowest BCUT2D eigenvalue weighted by Crippen LogP contribution is -2.15. The van der Waals surface area contributed by atoms with Crippen LogP contribution in [-0.4, -0.2) is 139 Å². The number of carbonyl (C=O) groups is 11. The number of rotatable bonds is 47. The molecule has 4 aromatic rings. The first-order valence-electron chi connectivity index (χ1n) is 36.6. The molecule has 1 aliphatic rings. The molecule has 4 aromatic carbocycles. The smallest absolute Gasteiger partial charge is 0.333 e. The molecule has 0 unspecified atom stereocenters. The number of Topliss-reactive ketones (excluding diaryl/α,β-unsaturated/α-hetero) is 4. The zero-order valence-corrected chi connectivity index (χ0v) is 62.4. The van der Waals surface area contributed by atoms with E-state index in [2.05, 4.69) is 20.8 Å². The maximum absolute atomic E-state index is 14.9. The van der Waals surface area contributed by atoms with Gasteiger partial charge in [-0.3, -0.25) is 19.2 Å². The number of ketones is 4. The molecule has 0 atom stereocenters. The van der Waals surface area contributed by atoms with Crippen LogP contribution in [0.3, 0.4) is 0 Å². The van der Waals surface area contributed by atoms with Gasteiger partial charge in [-0.25, -0.2) is 33.6 Å². The second-order valence-corrected chi connectivity index (χ2v) is 25.5. The van der Waals surface area contributed by atoms with Crippen LogP contribution >= 0.6 is 0 Å². The molecule has 8 bridgehead atoms. The summed E-state index contributed by atoms with van der Waals surface area (Å²) < 4.78 is 63.7. The largest absolute Gasteiger partial charge is 0.493 e. The van der Waals surface area contributed by atoms with Crippen molar-refractivity contribution in [3.63, 3.8) is 0 Å². The van der Waals surface area contributed by atoms with Crippen molar-refractivity contribution in [2.24, 2.45) is 0 Å². The molecule has 0 N–H and O–H groups in total. The molecule has 0 aliphatic heterocycles. The quantitative estimate of drug-likeness (QED) is 0.0115. The Morgan fingerprint density at radius 3 is 0.714 bits per heavy atom. The predicted molar refractivity (Wildman–Crippen MR) is 393 cm³/mol. The van der Waals surface area contributed by atoms with Gasteiger partial charge in [0, 0.05) is 141 Å². The minimum atomic E-state index is -0.802. The minimum absolute atomic E-state index is 0.00470. The first-order chi connectivity index (χ1) is 50.7. The number of carbonyl (C=O) groups excluding carboxylic acids is 11. The maximum Gasteiger partial charge on any atom is 0.333 e. The Labute approximate surface area is 616 Å². The highest BCUT2D eigenvalue weighted by atomic mass is 16.6. The van der Waals surface area contributed by atoms with Gasteiger partial charge in [0.25, 0.3) is 0 Å².